The molecular formula is C98H91BN4. The first-order chi connectivity index (χ1) is 55.9. The minimum absolute atomic E-state index is 0.0429. The Bertz CT molecular complexity index is 6350. The van der Waals surface area contributed by atoms with Crippen molar-refractivity contribution in [2.75, 3.05) is 9.80 Å². The normalized spacial score (nSPS) is 15.5. The molecule has 2 aliphatic rings. The van der Waals surface area contributed by atoms with Crippen LogP contribution in [-0.2, 0) is 27.1 Å². The Balaban J connectivity index is 1.13. The number of hydrogen-bond acceptors (Lipinski definition) is 2. The van der Waals surface area contributed by atoms with Crippen molar-refractivity contribution in [1.82, 2.24) is 9.13 Å². The summed E-state index contributed by atoms with van der Waals surface area (Å²) in [5.41, 5.74) is 17.5. The van der Waals surface area contributed by atoms with Crippen molar-refractivity contribution in [3.63, 3.8) is 0 Å². The zero-order valence-corrected chi connectivity index (χ0v) is 61.2. The van der Waals surface area contributed by atoms with E-state index in [0.29, 0.717) is 22.7 Å². The van der Waals surface area contributed by atoms with E-state index in [2.05, 4.69) is 223 Å². The van der Waals surface area contributed by atoms with Gasteiger partial charge >= 0.3 is 0 Å². The second-order valence-electron chi connectivity index (χ2n) is 33.1. The predicted molar refractivity (Wildman–Crippen MR) is 444 cm³/mol. The summed E-state index contributed by atoms with van der Waals surface area (Å²) in [4.78, 5) is 4.75. The van der Waals surface area contributed by atoms with Crippen LogP contribution in [0.1, 0.15) is 154 Å². The standard InChI is InChI=1S/C98H91BN4/c1-94(2,3)66-38-30-36-64(52-66)79-56-68(96(7,8)9)54-77(62-32-18-16-19-33-62)92(79)102-87-60-71(100-83-44-26-22-40-73(83)74-41-23-27-45-84(74)100)48-50-81(87)99-82-51-49-72(101-85-46-28-24-42-75(85)76-43-25-29-47-86(76)101)61-88(82)103(90-59-70(98(13,14)15)58-89(102)91(90)99)93-78(63-34-20-17-21-35-63)55-69(97(10,11)12)57-80(93)65-37-31-39-67(53-65)95(4,5)6/h16-61H,1-15H3/i22D,23D,24D,25D,26D,27D,28D,29D,40D,41D,42D,43D,44D,45D,46D,47D. The van der Waals surface area contributed by atoms with Crippen molar-refractivity contribution in [1.29, 1.82) is 0 Å². The summed E-state index contributed by atoms with van der Waals surface area (Å²) in [5, 5.41) is -0.263. The summed E-state index contributed by atoms with van der Waals surface area (Å²) in [6.45, 7) is 32.4. The van der Waals surface area contributed by atoms with Gasteiger partial charge in [-0.1, -0.05) is 298 Å². The van der Waals surface area contributed by atoms with Crippen molar-refractivity contribution < 1.29 is 21.9 Å². The first-order valence-electron chi connectivity index (χ1n) is 43.7. The second kappa shape index (κ2) is 23.9. The van der Waals surface area contributed by atoms with E-state index in [9.17, 15) is 16.4 Å². The highest BCUT2D eigenvalue weighted by Gasteiger charge is 2.47. The molecule has 2 aromatic heterocycles. The number of nitrogens with zero attached hydrogens (tertiary/aromatic N) is 4. The van der Waals surface area contributed by atoms with Gasteiger partial charge in [-0.25, -0.2) is 0 Å². The molecule has 15 aromatic rings. The Morgan fingerprint density at radius 1 is 0.272 bits per heavy atom. The molecule has 0 spiro atoms. The second-order valence-corrected chi connectivity index (χ2v) is 33.1. The molecule has 5 heteroatoms. The van der Waals surface area contributed by atoms with E-state index in [0.717, 1.165) is 111 Å². The Kier molecular flexibility index (Phi) is 11.5. The number of hydrogen-bond donors (Lipinski definition) is 0. The molecule has 2 aliphatic heterocycles. The highest BCUT2D eigenvalue weighted by Crippen LogP contribution is 2.56. The van der Waals surface area contributed by atoms with Crippen LogP contribution in [0.3, 0.4) is 0 Å². The highest BCUT2D eigenvalue weighted by atomic mass is 15.2. The van der Waals surface area contributed by atoms with Gasteiger partial charge in [0.25, 0.3) is 6.71 Å². The summed E-state index contributed by atoms with van der Waals surface area (Å²) in [6, 6.07) is 55.9. The van der Waals surface area contributed by atoms with Gasteiger partial charge in [-0.3, -0.25) is 0 Å². The summed E-state index contributed by atoms with van der Waals surface area (Å²) >= 11 is 0. The van der Waals surface area contributed by atoms with Crippen molar-refractivity contribution in [3.05, 3.63) is 306 Å². The molecule has 0 bridgehead atoms. The zero-order chi connectivity index (χ0) is 85.3. The first kappa shape index (κ1) is 49.7. The van der Waals surface area contributed by atoms with E-state index < -0.39 is 120 Å². The van der Waals surface area contributed by atoms with Gasteiger partial charge in [0.1, 0.15) is 0 Å². The van der Waals surface area contributed by atoms with Crippen LogP contribution >= 0.6 is 0 Å². The van der Waals surface area contributed by atoms with E-state index in [1.165, 1.54) is 0 Å². The molecule has 0 fully saturated rings. The topological polar surface area (TPSA) is 16.3 Å². The fraction of sp³-hybridized carbons (Fsp3) is 0.204. The van der Waals surface area contributed by atoms with Crippen LogP contribution in [0.4, 0.5) is 34.1 Å². The van der Waals surface area contributed by atoms with Gasteiger partial charge in [0.15, 0.2) is 0 Å². The molecule has 0 saturated carbocycles. The van der Waals surface area contributed by atoms with Crippen LogP contribution < -0.4 is 26.2 Å². The van der Waals surface area contributed by atoms with E-state index in [1.54, 1.807) is 9.13 Å². The van der Waals surface area contributed by atoms with Crippen LogP contribution in [-0.4, -0.2) is 15.8 Å². The van der Waals surface area contributed by atoms with Gasteiger partial charge in [-0.15, -0.1) is 0 Å². The van der Waals surface area contributed by atoms with Crippen LogP contribution in [0.2, 0.25) is 0 Å². The number of para-hydroxylation sites is 4. The molecule has 103 heavy (non-hydrogen) atoms. The fourth-order valence-electron chi connectivity index (χ4n) is 15.6. The maximum Gasteiger partial charge on any atom is 0.252 e. The van der Waals surface area contributed by atoms with Crippen LogP contribution in [0.25, 0.3) is 99.5 Å². The third-order valence-corrected chi connectivity index (χ3v) is 21.1. The van der Waals surface area contributed by atoms with E-state index >= 15 is 0 Å². The summed E-state index contributed by atoms with van der Waals surface area (Å²) in [5.74, 6) is 0. The van der Waals surface area contributed by atoms with Gasteiger partial charge in [0, 0.05) is 77.9 Å². The molecule has 0 saturated heterocycles. The van der Waals surface area contributed by atoms with E-state index in [4.69, 9.17) is 5.48 Å². The molecule has 0 N–H and O–H groups in total. The number of aromatic nitrogens is 2. The molecule has 0 unspecified atom stereocenters. The minimum Gasteiger partial charge on any atom is -0.310 e. The summed E-state index contributed by atoms with van der Waals surface area (Å²) in [6.07, 6.45) is 0. The number of rotatable bonds is 8. The third kappa shape index (κ3) is 10.9. The van der Waals surface area contributed by atoms with Gasteiger partial charge in [0.2, 0.25) is 0 Å². The minimum atomic E-state index is -0.765. The Labute approximate surface area is 632 Å². The lowest BCUT2D eigenvalue weighted by Crippen LogP contribution is -2.61. The Morgan fingerprint density at radius 2 is 0.573 bits per heavy atom. The van der Waals surface area contributed by atoms with Crippen molar-refractivity contribution in [2.24, 2.45) is 0 Å². The monoisotopic (exact) mass is 1350 g/mol. The molecule has 0 aliphatic carbocycles. The fourth-order valence-corrected chi connectivity index (χ4v) is 15.6. The largest absolute Gasteiger partial charge is 0.310 e. The predicted octanol–water partition coefficient (Wildman–Crippen LogP) is 25.1. The zero-order valence-electron chi connectivity index (χ0n) is 77.2. The summed E-state index contributed by atoms with van der Waals surface area (Å²) < 4.78 is 155. The van der Waals surface area contributed by atoms with Gasteiger partial charge in [0.05, 0.1) is 55.4 Å². The lowest BCUT2D eigenvalue weighted by Gasteiger charge is -2.47. The number of benzene rings is 13. The molecule has 13 aromatic carbocycles. The molecule has 17 rings (SSSR count). The maximum atomic E-state index is 9.92. The third-order valence-electron chi connectivity index (χ3n) is 21.1. The SMILES string of the molecule is [2H]c1c([2H])c([2H])c2c(c1[2H])c1c([2H])c([2H])c([2H])c([2H])c1n2-c1ccc2c(c1)N(c1c(-c3ccccc3)cc(C(C)(C)C)cc1-c1cccc(C(C)(C)C)c1)c1cc(C(C)(C)C)cc3c1B2c1ccc(-n2c4c([2H])c([2H])c([2H])c([2H])c4c4c([2H])c([2H])c([2H])c([2H])c42)cc1N3c1c(-c2ccccc2)cc(C(C)(C)C)cc1-c1cccc(C(C)(C)C)c1. The van der Waals surface area contributed by atoms with Crippen LogP contribution in [0.5, 0.6) is 0 Å². The molecule has 0 amide bonds. The van der Waals surface area contributed by atoms with Crippen molar-refractivity contribution in [3.8, 4) is 55.9 Å². The van der Waals surface area contributed by atoms with Crippen LogP contribution in [0, 0.1) is 0 Å². The molecule has 4 nitrogen and oxygen atoms in total. The Morgan fingerprint density at radius 3 is 0.903 bits per heavy atom. The molecule has 4 heterocycles. The maximum absolute atomic E-state index is 9.92. The lowest BCUT2D eigenvalue weighted by molar-refractivity contribution is 0.589. The average Bonchev–Trinajstić information content (AvgIpc) is 1.45. The van der Waals surface area contributed by atoms with E-state index in [-0.39, 0.29) is 54.4 Å². The quantitative estimate of drug-likeness (QED) is 0.141. The van der Waals surface area contributed by atoms with Crippen molar-refractivity contribution >= 4 is 101 Å². The van der Waals surface area contributed by atoms with Gasteiger partial charge in [-0.2, -0.15) is 0 Å². The molecular weight excluding hydrogens is 1240 g/mol. The summed E-state index contributed by atoms with van der Waals surface area (Å²) in [7, 11) is 0. The lowest BCUT2D eigenvalue weighted by atomic mass is 9.33. The average molecular weight is 1350 g/mol. The van der Waals surface area contributed by atoms with Crippen molar-refractivity contribution in [2.45, 2.75) is 131 Å². The molecule has 0 atom stereocenters. The number of anilines is 6. The van der Waals surface area contributed by atoms with Crippen LogP contribution in [0.15, 0.2) is 279 Å². The number of fused-ring (bicyclic) bond motifs is 10. The highest BCUT2D eigenvalue weighted by molar-refractivity contribution is 7.00. The van der Waals surface area contributed by atoms with Gasteiger partial charge in [-0.05, 0) is 178 Å². The van der Waals surface area contributed by atoms with E-state index in [1.807, 2.05) is 72.8 Å². The smallest absolute Gasteiger partial charge is 0.252 e. The van der Waals surface area contributed by atoms with Gasteiger partial charge < -0.3 is 18.9 Å². The molecule has 506 valence electrons. The Hall–Kier alpha value is -10.9. The first-order valence-corrected chi connectivity index (χ1v) is 35.7. The molecule has 0 radical (unpaired) electrons.